The van der Waals surface area contributed by atoms with E-state index in [1.54, 1.807) is 31.3 Å². The summed E-state index contributed by atoms with van der Waals surface area (Å²) in [6.45, 7) is 0.408. The average Bonchev–Trinajstić information content (AvgIpc) is 3.43. The summed E-state index contributed by atoms with van der Waals surface area (Å²) in [5.41, 5.74) is 1.79. The van der Waals surface area contributed by atoms with Gasteiger partial charge in [0.2, 0.25) is 0 Å². The summed E-state index contributed by atoms with van der Waals surface area (Å²) in [5.74, 6) is 0.398. The molecule has 0 aliphatic carbocycles. The van der Waals surface area contributed by atoms with Gasteiger partial charge in [-0.15, -0.1) is 21.5 Å². The molecule has 1 aromatic carbocycles. The first-order valence-corrected chi connectivity index (χ1v) is 10.0. The van der Waals surface area contributed by atoms with Crippen LogP contribution in [0.1, 0.15) is 25.9 Å². The van der Waals surface area contributed by atoms with Crippen LogP contribution in [0.2, 0.25) is 0 Å². The van der Waals surface area contributed by atoms with E-state index in [2.05, 4.69) is 15.5 Å². The van der Waals surface area contributed by atoms with Crippen LogP contribution < -0.4 is 10.2 Å². The van der Waals surface area contributed by atoms with Gasteiger partial charge in [0.25, 0.3) is 11.8 Å². The van der Waals surface area contributed by atoms with E-state index >= 15 is 0 Å². The van der Waals surface area contributed by atoms with E-state index in [1.807, 2.05) is 46.3 Å². The van der Waals surface area contributed by atoms with Crippen molar-refractivity contribution in [1.29, 1.82) is 0 Å². The first-order chi connectivity index (χ1) is 14.1. The van der Waals surface area contributed by atoms with Gasteiger partial charge in [0.1, 0.15) is 5.82 Å². The number of fused-ring (bicyclic) bond motifs is 1. The van der Waals surface area contributed by atoms with Gasteiger partial charge in [0.05, 0.1) is 16.1 Å². The minimum absolute atomic E-state index is 0.143. The molecule has 0 radical (unpaired) electrons. The molecule has 8 heteroatoms. The number of carbonyl (C=O) groups is 2. The van der Waals surface area contributed by atoms with Gasteiger partial charge < -0.3 is 10.2 Å². The van der Waals surface area contributed by atoms with Gasteiger partial charge in [-0.2, -0.15) is 0 Å². The third-order valence-electron chi connectivity index (χ3n) is 4.57. The molecule has 29 heavy (non-hydrogen) atoms. The summed E-state index contributed by atoms with van der Waals surface area (Å²) < 4.78 is 1.90. The summed E-state index contributed by atoms with van der Waals surface area (Å²) in [4.78, 5) is 27.6. The zero-order valence-electron chi connectivity index (χ0n) is 15.8. The summed E-state index contributed by atoms with van der Waals surface area (Å²) in [7, 11) is 1.68. The number of aromatic nitrogens is 3. The van der Waals surface area contributed by atoms with Gasteiger partial charge >= 0.3 is 0 Å². The molecule has 3 aromatic heterocycles. The molecule has 0 fully saturated rings. The van der Waals surface area contributed by atoms with Gasteiger partial charge in [0.15, 0.2) is 5.65 Å². The highest BCUT2D eigenvalue weighted by atomic mass is 32.1. The molecule has 146 valence electrons. The van der Waals surface area contributed by atoms with Crippen LogP contribution in [0.3, 0.4) is 0 Å². The number of rotatable bonds is 6. The van der Waals surface area contributed by atoms with Crippen molar-refractivity contribution >= 4 is 34.5 Å². The van der Waals surface area contributed by atoms with E-state index in [-0.39, 0.29) is 11.8 Å². The molecule has 0 saturated heterocycles. The Morgan fingerprint density at radius 1 is 1.07 bits per heavy atom. The Morgan fingerprint density at radius 3 is 2.72 bits per heavy atom. The standard InChI is InChI=1S/C21H19N5O2S/c1-25(21(28)17-9-6-14-29-17)16-8-3-2-7-15(16)20(27)22-12-11-19-24-23-18-10-4-5-13-26(18)19/h2-10,13-14H,11-12H2,1H3,(H,22,27). The van der Waals surface area contributed by atoms with Crippen molar-refractivity contribution in [2.75, 3.05) is 18.5 Å². The quantitative estimate of drug-likeness (QED) is 0.535. The Balaban J connectivity index is 1.46. The minimum atomic E-state index is -0.236. The van der Waals surface area contributed by atoms with E-state index in [1.165, 1.54) is 16.2 Å². The molecule has 0 spiro atoms. The van der Waals surface area contributed by atoms with E-state index in [4.69, 9.17) is 0 Å². The first-order valence-electron chi connectivity index (χ1n) is 9.12. The molecule has 2 amide bonds. The lowest BCUT2D eigenvalue weighted by Crippen LogP contribution is -2.31. The second kappa shape index (κ2) is 8.24. The monoisotopic (exact) mass is 405 g/mol. The number of para-hydroxylation sites is 1. The maximum absolute atomic E-state index is 12.8. The normalized spacial score (nSPS) is 10.8. The van der Waals surface area contributed by atoms with Crippen molar-refractivity contribution in [3.8, 4) is 0 Å². The molecule has 7 nitrogen and oxygen atoms in total. The summed E-state index contributed by atoms with van der Waals surface area (Å²) in [6, 6.07) is 16.4. The second-order valence-corrected chi connectivity index (χ2v) is 7.36. The number of pyridine rings is 1. The number of carbonyl (C=O) groups excluding carboxylic acids is 2. The number of thiophene rings is 1. The van der Waals surface area contributed by atoms with Gasteiger partial charge in [-0.1, -0.05) is 24.3 Å². The van der Waals surface area contributed by atoms with Gasteiger partial charge in [-0.05, 0) is 35.7 Å². The van der Waals surface area contributed by atoms with Crippen molar-refractivity contribution < 1.29 is 9.59 Å². The molecule has 0 unspecified atom stereocenters. The van der Waals surface area contributed by atoms with Crippen LogP contribution >= 0.6 is 11.3 Å². The van der Waals surface area contributed by atoms with Gasteiger partial charge in [-0.3, -0.25) is 14.0 Å². The van der Waals surface area contributed by atoms with Crippen LogP contribution in [-0.2, 0) is 6.42 Å². The molecule has 1 N–H and O–H groups in total. The summed E-state index contributed by atoms with van der Waals surface area (Å²) in [5, 5.41) is 13.1. The zero-order chi connectivity index (χ0) is 20.2. The number of hydrogen-bond donors (Lipinski definition) is 1. The Hall–Kier alpha value is -3.52. The number of hydrogen-bond acceptors (Lipinski definition) is 5. The molecule has 0 bridgehead atoms. The van der Waals surface area contributed by atoms with Crippen LogP contribution in [0.25, 0.3) is 5.65 Å². The highest BCUT2D eigenvalue weighted by Crippen LogP contribution is 2.22. The number of benzene rings is 1. The predicted octanol–water partition coefficient (Wildman–Crippen LogP) is 3.04. The first kappa shape index (κ1) is 18.8. The van der Waals surface area contributed by atoms with Crippen LogP contribution in [0.15, 0.2) is 66.2 Å². The van der Waals surface area contributed by atoms with Crippen molar-refractivity contribution in [2.45, 2.75) is 6.42 Å². The molecule has 4 aromatic rings. The Kier molecular flexibility index (Phi) is 5.35. The largest absolute Gasteiger partial charge is 0.352 e. The maximum Gasteiger partial charge on any atom is 0.268 e. The number of anilines is 1. The summed E-state index contributed by atoms with van der Waals surface area (Å²) in [6.07, 6.45) is 2.44. The van der Waals surface area contributed by atoms with Crippen LogP contribution in [0, 0.1) is 0 Å². The molecule has 0 atom stereocenters. The SMILES string of the molecule is CN(C(=O)c1cccs1)c1ccccc1C(=O)NCCc1nnc2ccccn12. The molecule has 4 rings (SSSR count). The smallest absolute Gasteiger partial charge is 0.268 e. The van der Waals surface area contributed by atoms with E-state index in [0.717, 1.165) is 11.5 Å². The van der Waals surface area contributed by atoms with Gasteiger partial charge in [0, 0.05) is 26.2 Å². The predicted molar refractivity (Wildman–Crippen MR) is 113 cm³/mol. The van der Waals surface area contributed by atoms with Crippen molar-refractivity contribution in [3.05, 3.63) is 82.4 Å². The Morgan fingerprint density at radius 2 is 1.90 bits per heavy atom. The fourth-order valence-corrected chi connectivity index (χ4v) is 3.78. The summed E-state index contributed by atoms with van der Waals surface area (Å²) >= 11 is 1.37. The van der Waals surface area contributed by atoms with Crippen molar-refractivity contribution in [3.63, 3.8) is 0 Å². The highest BCUT2D eigenvalue weighted by molar-refractivity contribution is 7.12. The Bertz CT molecular complexity index is 1150. The molecular weight excluding hydrogens is 386 g/mol. The number of nitrogens with zero attached hydrogens (tertiary/aromatic N) is 4. The van der Waals surface area contributed by atoms with Crippen LogP contribution in [-0.4, -0.2) is 40.0 Å². The lowest BCUT2D eigenvalue weighted by atomic mass is 10.1. The number of nitrogens with one attached hydrogen (secondary N) is 1. The maximum atomic E-state index is 12.8. The molecule has 0 aliphatic rings. The van der Waals surface area contributed by atoms with E-state index in [0.29, 0.717) is 29.1 Å². The Labute approximate surface area is 171 Å². The van der Waals surface area contributed by atoms with Gasteiger partial charge in [-0.25, -0.2) is 0 Å². The molecule has 0 aliphatic heterocycles. The van der Waals surface area contributed by atoms with Crippen molar-refractivity contribution in [2.24, 2.45) is 0 Å². The third kappa shape index (κ3) is 3.88. The van der Waals surface area contributed by atoms with E-state index in [9.17, 15) is 9.59 Å². The highest BCUT2D eigenvalue weighted by Gasteiger charge is 2.20. The van der Waals surface area contributed by atoms with Crippen LogP contribution in [0.5, 0.6) is 0 Å². The lowest BCUT2D eigenvalue weighted by Gasteiger charge is -2.19. The molecular formula is C21H19N5O2S. The second-order valence-electron chi connectivity index (χ2n) is 6.41. The topological polar surface area (TPSA) is 79.6 Å². The zero-order valence-corrected chi connectivity index (χ0v) is 16.6. The molecule has 3 heterocycles. The fraction of sp³-hybridized carbons (Fsp3) is 0.143. The fourth-order valence-electron chi connectivity index (χ4n) is 3.08. The van der Waals surface area contributed by atoms with Crippen molar-refractivity contribution in [1.82, 2.24) is 19.9 Å². The average molecular weight is 405 g/mol. The number of amides is 2. The molecule has 0 saturated carbocycles. The third-order valence-corrected chi connectivity index (χ3v) is 5.42. The van der Waals surface area contributed by atoms with Crippen LogP contribution in [0.4, 0.5) is 5.69 Å². The minimum Gasteiger partial charge on any atom is -0.352 e. The van der Waals surface area contributed by atoms with E-state index < -0.39 is 0 Å². The lowest BCUT2D eigenvalue weighted by molar-refractivity contribution is 0.0954.